The number of hydrogen-bond acceptors (Lipinski definition) is 4. The van der Waals surface area contributed by atoms with Gasteiger partial charge in [0.2, 0.25) is 11.8 Å². The van der Waals surface area contributed by atoms with Crippen molar-refractivity contribution in [3.63, 3.8) is 0 Å². The molecule has 0 saturated carbocycles. The number of amides is 2. The quantitative estimate of drug-likeness (QED) is 0.561. The topological polar surface area (TPSA) is 90.8 Å². The first-order valence-electron chi connectivity index (χ1n) is 7.20. The molecule has 0 aliphatic heterocycles. The lowest BCUT2D eigenvalue weighted by Crippen LogP contribution is -2.20. The third-order valence-corrected chi connectivity index (χ3v) is 3.04. The van der Waals surface area contributed by atoms with Crippen molar-refractivity contribution in [2.75, 3.05) is 5.32 Å². The molecular formula is C17H16FN3O3. The monoisotopic (exact) mass is 329 g/mol. The largest absolute Gasteiger partial charge is 0.507 e. The molecule has 2 aromatic carbocycles. The second kappa shape index (κ2) is 8.42. The molecule has 0 heterocycles. The fraction of sp³-hybridized carbons (Fsp3) is 0.118. The highest BCUT2D eigenvalue weighted by Crippen LogP contribution is 2.12. The highest BCUT2D eigenvalue weighted by molar-refractivity contribution is 5.93. The van der Waals surface area contributed by atoms with Crippen molar-refractivity contribution in [2.45, 2.75) is 12.8 Å². The molecule has 124 valence electrons. The summed E-state index contributed by atoms with van der Waals surface area (Å²) in [6.45, 7) is 0. The average molecular weight is 329 g/mol. The zero-order valence-electron chi connectivity index (χ0n) is 12.7. The van der Waals surface area contributed by atoms with Crippen molar-refractivity contribution in [1.29, 1.82) is 0 Å². The van der Waals surface area contributed by atoms with Gasteiger partial charge in [0.1, 0.15) is 11.6 Å². The molecule has 0 saturated heterocycles. The van der Waals surface area contributed by atoms with Gasteiger partial charge in [0.25, 0.3) is 0 Å². The summed E-state index contributed by atoms with van der Waals surface area (Å²) < 4.78 is 12.7. The number of carbonyl (C=O) groups is 2. The predicted octanol–water partition coefficient (Wildman–Crippen LogP) is 2.40. The zero-order chi connectivity index (χ0) is 17.4. The minimum atomic E-state index is -0.434. The van der Waals surface area contributed by atoms with E-state index in [-0.39, 0.29) is 24.5 Å². The van der Waals surface area contributed by atoms with Gasteiger partial charge in [-0.1, -0.05) is 12.1 Å². The van der Waals surface area contributed by atoms with Gasteiger partial charge in [-0.3, -0.25) is 9.59 Å². The van der Waals surface area contributed by atoms with Crippen LogP contribution in [0.3, 0.4) is 0 Å². The molecule has 2 aromatic rings. The van der Waals surface area contributed by atoms with Gasteiger partial charge >= 0.3 is 0 Å². The van der Waals surface area contributed by atoms with E-state index >= 15 is 0 Å². The Morgan fingerprint density at radius 1 is 1.04 bits per heavy atom. The van der Waals surface area contributed by atoms with Crippen LogP contribution in [0.15, 0.2) is 53.6 Å². The van der Waals surface area contributed by atoms with Crippen LogP contribution in [-0.2, 0) is 9.59 Å². The molecule has 0 radical (unpaired) electrons. The van der Waals surface area contributed by atoms with Crippen LogP contribution in [0.4, 0.5) is 10.1 Å². The predicted molar refractivity (Wildman–Crippen MR) is 88.1 cm³/mol. The molecule has 2 amide bonds. The Bertz CT molecular complexity index is 745. The summed E-state index contributed by atoms with van der Waals surface area (Å²) >= 11 is 0. The number of phenolic OH excluding ortho intramolecular Hbond substituents is 1. The molecule has 0 fully saturated rings. The number of hydrazone groups is 1. The summed E-state index contributed by atoms with van der Waals surface area (Å²) in [5, 5.41) is 15.8. The molecule has 0 spiro atoms. The molecule has 3 N–H and O–H groups in total. The molecule has 6 nitrogen and oxygen atoms in total. The van der Waals surface area contributed by atoms with E-state index in [2.05, 4.69) is 15.8 Å². The van der Waals surface area contributed by atoms with Gasteiger partial charge in [-0.2, -0.15) is 5.10 Å². The number of halogens is 1. The third kappa shape index (κ3) is 5.53. The summed E-state index contributed by atoms with van der Waals surface area (Å²) in [6, 6.07) is 11.9. The van der Waals surface area contributed by atoms with E-state index in [4.69, 9.17) is 0 Å². The van der Waals surface area contributed by atoms with E-state index in [0.29, 0.717) is 11.3 Å². The first-order chi connectivity index (χ1) is 11.5. The van der Waals surface area contributed by atoms with E-state index in [9.17, 15) is 19.1 Å². The summed E-state index contributed by atoms with van der Waals surface area (Å²) in [4.78, 5) is 23.3. The van der Waals surface area contributed by atoms with E-state index in [0.717, 1.165) is 0 Å². The van der Waals surface area contributed by atoms with Gasteiger partial charge in [0.05, 0.1) is 6.21 Å². The molecule has 0 aliphatic rings. The second-order valence-electron chi connectivity index (χ2n) is 4.91. The minimum absolute atomic E-state index is 0.0324. The Morgan fingerprint density at radius 3 is 2.42 bits per heavy atom. The summed E-state index contributed by atoms with van der Waals surface area (Å²) in [5.41, 5.74) is 3.20. The number of aromatic hydroxyl groups is 1. The van der Waals surface area contributed by atoms with Crippen molar-refractivity contribution in [3.8, 4) is 5.75 Å². The van der Waals surface area contributed by atoms with Crippen molar-refractivity contribution in [1.82, 2.24) is 5.43 Å². The van der Waals surface area contributed by atoms with E-state index in [1.54, 1.807) is 18.2 Å². The molecular weight excluding hydrogens is 313 g/mol. The molecule has 2 rings (SSSR count). The second-order valence-corrected chi connectivity index (χ2v) is 4.91. The number of nitrogens with zero attached hydrogens (tertiary/aromatic N) is 1. The van der Waals surface area contributed by atoms with E-state index in [1.165, 1.54) is 36.5 Å². The number of benzene rings is 2. The van der Waals surface area contributed by atoms with E-state index < -0.39 is 11.7 Å². The number of phenols is 1. The number of rotatable bonds is 6. The van der Waals surface area contributed by atoms with Crippen molar-refractivity contribution >= 4 is 23.7 Å². The summed E-state index contributed by atoms with van der Waals surface area (Å²) in [6.07, 6.45) is 1.23. The number of nitrogens with one attached hydrogen (secondary N) is 2. The van der Waals surface area contributed by atoms with E-state index in [1.807, 2.05) is 0 Å². The van der Waals surface area contributed by atoms with Gasteiger partial charge in [0, 0.05) is 24.1 Å². The van der Waals surface area contributed by atoms with Gasteiger partial charge in [-0.05, 0) is 36.4 Å². The summed E-state index contributed by atoms with van der Waals surface area (Å²) in [5.74, 6) is -1.14. The first-order valence-corrected chi connectivity index (χ1v) is 7.20. The lowest BCUT2D eigenvalue weighted by atomic mass is 10.2. The standard InChI is InChI=1S/C17H16FN3O3/c18-13-5-7-14(8-6-13)20-16(23)9-10-17(24)21-19-11-12-3-1-2-4-15(12)22/h1-8,11,22H,9-10H2,(H,20,23)(H,21,24)/b19-11-. The number of anilines is 1. The molecule has 0 aromatic heterocycles. The molecule has 0 bridgehead atoms. The number of hydrogen-bond donors (Lipinski definition) is 3. The van der Waals surface area contributed by atoms with Gasteiger partial charge in [0.15, 0.2) is 0 Å². The van der Waals surface area contributed by atoms with Gasteiger partial charge in [-0.15, -0.1) is 0 Å². The van der Waals surface area contributed by atoms with Crippen molar-refractivity contribution in [2.24, 2.45) is 5.10 Å². The maximum absolute atomic E-state index is 12.7. The highest BCUT2D eigenvalue weighted by Gasteiger charge is 2.07. The molecule has 0 unspecified atom stereocenters. The Balaban J connectivity index is 1.73. The Kier molecular flexibility index (Phi) is 6.01. The van der Waals surface area contributed by atoms with Crippen molar-refractivity contribution in [3.05, 3.63) is 59.9 Å². The van der Waals surface area contributed by atoms with Crippen molar-refractivity contribution < 1.29 is 19.1 Å². The smallest absolute Gasteiger partial charge is 0.240 e. The van der Waals surface area contributed by atoms with Gasteiger partial charge < -0.3 is 10.4 Å². The van der Waals surface area contributed by atoms with Crippen LogP contribution in [0.25, 0.3) is 0 Å². The van der Waals surface area contributed by atoms with Gasteiger partial charge in [-0.25, -0.2) is 9.82 Å². The lowest BCUT2D eigenvalue weighted by molar-refractivity contribution is -0.124. The Hall–Kier alpha value is -3.22. The first kappa shape index (κ1) is 17.1. The van der Waals surface area contributed by atoms with Crippen LogP contribution in [0, 0.1) is 5.82 Å². The highest BCUT2D eigenvalue weighted by atomic mass is 19.1. The fourth-order valence-electron chi connectivity index (χ4n) is 1.81. The normalized spacial score (nSPS) is 10.5. The molecule has 0 aliphatic carbocycles. The third-order valence-electron chi connectivity index (χ3n) is 3.04. The fourth-order valence-corrected chi connectivity index (χ4v) is 1.81. The molecule has 24 heavy (non-hydrogen) atoms. The average Bonchev–Trinajstić information content (AvgIpc) is 2.57. The Labute approximate surface area is 138 Å². The SMILES string of the molecule is O=C(CCC(=O)Nc1ccc(F)cc1)N/N=C\c1ccccc1O. The molecule has 7 heteroatoms. The van der Waals surface area contributed by atoms with Crippen LogP contribution in [0.5, 0.6) is 5.75 Å². The lowest BCUT2D eigenvalue weighted by Gasteiger charge is -2.04. The number of carbonyl (C=O) groups excluding carboxylic acids is 2. The molecule has 0 atom stereocenters. The Morgan fingerprint density at radius 2 is 1.71 bits per heavy atom. The van der Waals surface area contributed by atoms with Crippen LogP contribution in [0.2, 0.25) is 0 Å². The zero-order valence-corrected chi connectivity index (χ0v) is 12.7. The van der Waals surface area contributed by atoms with Crippen LogP contribution in [-0.4, -0.2) is 23.1 Å². The maximum Gasteiger partial charge on any atom is 0.240 e. The summed E-state index contributed by atoms with van der Waals surface area (Å²) in [7, 11) is 0. The van der Waals surface area contributed by atoms with Crippen LogP contribution < -0.4 is 10.7 Å². The number of para-hydroxylation sites is 1. The minimum Gasteiger partial charge on any atom is -0.507 e. The van der Waals surface area contributed by atoms with Crippen LogP contribution in [0.1, 0.15) is 18.4 Å². The van der Waals surface area contributed by atoms with Crippen LogP contribution >= 0.6 is 0 Å². The maximum atomic E-state index is 12.7.